The van der Waals surface area contributed by atoms with Crippen molar-refractivity contribution in [2.45, 2.75) is 150 Å². The van der Waals surface area contributed by atoms with Crippen molar-refractivity contribution in [1.82, 2.24) is 0 Å². The smallest absolute Gasteiger partial charge is 0.309 e. The first-order chi connectivity index (χ1) is 15.7. The molecule has 0 aliphatic heterocycles. The van der Waals surface area contributed by atoms with Gasteiger partial charge in [-0.2, -0.15) is 0 Å². The molecule has 4 atom stereocenters. The van der Waals surface area contributed by atoms with Crippen LogP contribution in [0.15, 0.2) is 0 Å². The van der Waals surface area contributed by atoms with Crippen LogP contribution in [0, 0.1) is 23.2 Å². The summed E-state index contributed by atoms with van der Waals surface area (Å²) in [6.07, 6.45) is 18.7. The molecule has 0 spiro atoms. The molecule has 0 heterocycles. The Hall–Kier alpha value is -1.06. The van der Waals surface area contributed by atoms with Crippen LogP contribution in [0.1, 0.15) is 150 Å². The van der Waals surface area contributed by atoms with Crippen molar-refractivity contribution < 1.29 is 19.8 Å². The van der Waals surface area contributed by atoms with Gasteiger partial charge in [0, 0.05) is 6.42 Å². The minimum Gasteiger partial charge on any atom is -0.481 e. The topological polar surface area (TPSA) is 74.6 Å². The molecule has 2 N–H and O–H groups in total. The highest BCUT2D eigenvalue weighted by Crippen LogP contribution is 2.44. The van der Waals surface area contributed by atoms with Gasteiger partial charge in [-0.1, -0.05) is 111 Å². The zero-order valence-corrected chi connectivity index (χ0v) is 22.7. The minimum absolute atomic E-state index is 0.236. The molecule has 196 valence electrons. The number of unbranched alkanes of at least 4 members (excludes halogenated alkanes) is 7. The second kappa shape index (κ2) is 19.3. The lowest BCUT2D eigenvalue weighted by Crippen LogP contribution is -2.39. The molecule has 0 aliphatic rings. The van der Waals surface area contributed by atoms with Gasteiger partial charge in [0.2, 0.25) is 0 Å². The van der Waals surface area contributed by atoms with Gasteiger partial charge >= 0.3 is 11.9 Å². The van der Waals surface area contributed by atoms with Crippen LogP contribution in [0.2, 0.25) is 0 Å². The van der Waals surface area contributed by atoms with E-state index in [1.165, 1.54) is 32.1 Å². The Bertz CT molecular complexity index is 504. The molecule has 4 nitrogen and oxygen atoms in total. The summed E-state index contributed by atoms with van der Waals surface area (Å²) in [5, 5.41) is 19.2. The summed E-state index contributed by atoms with van der Waals surface area (Å²) in [5.74, 6) is 0.0588. The van der Waals surface area contributed by atoms with Gasteiger partial charge < -0.3 is 10.2 Å². The van der Waals surface area contributed by atoms with Crippen molar-refractivity contribution >= 4 is 11.9 Å². The summed E-state index contributed by atoms with van der Waals surface area (Å²) >= 11 is 0. The molecular weight excluding hydrogens is 412 g/mol. The summed E-state index contributed by atoms with van der Waals surface area (Å²) in [6, 6.07) is 0. The second-order valence-corrected chi connectivity index (χ2v) is 10.7. The second-order valence-electron chi connectivity index (χ2n) is 10.7. The lowest BCUT2D eigenvalue weighted by atomic mass is 9.65. The summed E-state index contributed by atoms with van der Waals surface area (Å²) in [7, 11) is 0. The summed E-state index contributed by atoms with van der Waals surface area (Å²) in [6.45, 7) is 11.0. The molecule has 0 amide bonds. The van der Waals surface area contributed by atoms with E-state index in [4.69, 9.17) is 5.11 Å². The van der Waals surface area contributed by atoms with Gasteiger partial charge in [0.1, 0.15) is 0 Å². The Morgan fingerprint density at radius 3 is 1.70 bits per heavy atom. The van der Waals surface area contributed by atoms with Crippen LogP contribution in [0.5, 0.6) is 0 Å². The third-order valence-electron chi connectivity index (χ3n) is 8.00. The highest BCUT2D eigenvalue weighted by Gasteiger charge is 2.42. The van der Waals surface area contributed by atoms with Gasteiger partial charge in [-0.15, -0.1) is 0 Å². The first-order valence-electron chi connectivity index (χ1n) is 14.2. The number of carbonyl (C=O) groups is 2. The van der Waals surface area contributed by atoms with E-state index in [2.05, 4.69) is 27.7 Å². The predicted octanol–water partition coefficient (Wildman–Crippen LogP) is 9.11. The maximum atomic E-state index is 12.7. The predicted molar refractivity (Wildman–Crippen MR) is 140 cm³/mol. The Morgan fingerprint density at radius 2 is 1.21 bits per heavy atom. The minimum atomic E-state index is -0.705. The quantitative estimate of drug-likeness (QED) is 0.147. The molecule has 0 bridgehead atoms. The maximum Gasteiger partial charge on any atom is 0.309 e. The van der Waals surface area contributed by atoms with Crippen LogP contribution in [-0.2, 0) is 9.59 Å². The zero-order chi connectivity index (χ0) is 25.1. The monoisotopic (exact) mass is 468 g/mol. The summed E-state index contributed by atoms with van der Waals surface area (Å²) < 4.78 is 0. The Morgan fingerprint density at radius 1 is 0.697 bits per heavy atom. The van der Waals surface area contributed by atoms with Crippen molar-refractivity contribution in [3.63, 3.8) is 0 Å². The molecule has 33 heavy (non-hydrogen) atoms. The summed E-state index contributed by atoms with van der Waals surface area (Å²) in [5.41, 5.74) is -0.643. The SMILES string of the molecule is CCCCC(CC)CC(CCCCCCCCC(=O)O)C(C)(CC(CC)CCCC)C(=O)O. The number of carboxylic acids is 2. The average molecular weight is 469 g/mol. The van der Waals surface area contributed by atoms with Gasteiger partial charge in [-0.25, -0.2) is 0 Å². The van der Waals surface area contributed by atoms with E-state index >= 15 is 0 Å². The van der Waals surface area contributed by atoms with Crippen LogP contribution in [-0.4, -0.2) is 22.2 Å². The van der Waals surface area contributed by atoms with E-state index in [1.54, 1.807) is 0 Å². The molecular formula is C29H56O4. The van der Waals surface area contributed by atoms with Crippen molar-refractivity contribution in [2.75, 3.05) is 0 Å². The first kappa shape index (κ1) is 31.9. The summed E-state index contributed by atoms with van der Waals surface area (Å²) in [4.78, 5) is 23.3. The highest BCUT2D eigenvalue weighted by molar-refractivity contribution is 5.74. The fourth-order valence-corrected chi connectivity index (χ4v) is 5.43. The molecule has 0 saturated carbocycles. The average Bonchev–Trinajstić information content (AvgIpc) is 2.79. The highest BCUT2D eigenvalue weighted by atomic mass is 16.4. The van der Waals surface area contributed by atoms with E-state index < -0.39 is 17.4 Å². The van der Waals surface area contributed by atoms with Crippen LogP contribution >= 0.6 is 0 Å². The van der Waals surface area contributed by atoms with Crippen LogP contribution in [0.4, 0.5) is 0 Å². The maximum absolute atomic E-state index is 12.7. The van der Waals surface area contributed by atoms with Crippen molar-refractivity contribution in [3.05, 3.63) is 0 Å². The molecule has 0 radical (unpaired) electrons. The number of hydrogen-bond donors (Lipinski definition) is 2. The fraction of sp³-hybridized carbons (Fsp3) is 0.931. The molecule has 0 aromatic rings. The molecule has 0 fully saturated rings. The lowest BCUT2D eigenvalue weighted by Gasteiger charge is -2.39. The molecule has 0 saturated heterocycles. The molecule has 0 aromatic carbocycles. The van der Waals surface area contributed by atoms with E-state index in [1.807, 2.05) is 6.92 Å². The molecule has 0 aromatic heterocycles. The lowest BCUT2D eigenvalue weighted by molar-refractivity contribution is -0.154. The number of hydrogen-bond acceptors (Lipinski definition) is 2. The number of rotatable bonds is 23. The van der Waals surface area contributed by atoms with Crippen LogP contribution in [0.3, 0.4) is 0 Å². The Labute approximate surface area is 205 Å². The van der Waals surface area contributed by atoms with E-state index in [0.29, 0.717) is 11.8 Å². The standard InChI is InChI=1S/C29H56O4/c1-6-10-18-24(8-3)22-26(20-16-14-12-13-15-17-21-27(30)31)29(5,28(32)33)23-25(9-4)19-11-7-2/h24-26H,6-23H2,1-5H3,(H,30,31)(H,32,33). The Kier molecular flexibility index (Phi) is 18.6. The van der Waals surface area contributed by atoms with E-state index in [9.17, 15) is 14.7 Å². The number of carboxylic acid groups (broad SMARTS) is 2. The Balaban J connectivity index is 5.16. The molecule has 4 unspecified atom stereocenters. The zero-order valence-electron chi connectivity index (χ0n) is 22.7. The van der Waals surface area contributed by atoms with Crippen molar-refractivity contribution in [2.24, 2.45) is 23.2 Å². The molecule has 0 rings (SSSR count). The first-order valence-corrected chi connectivity index (χ1v) is 14.2. The van der Waals surface area contributed by atoms with Crippen molar-refractivity contribution in [1.29, 1.82) is 0 Å². The van der Waals surface area contributed by atoms with Gasteiger partial charge in [0.15, 0.2) is 0 Å². The molecule has 4 heteroatoms. The third-order valence-corrected chi connectivity index (χ3v) is 8.00. The fourth-order valence-electron chi connectivity index (χ4n) is 5.43. The van der Waals surface area contributed by atoms with E-state index in [0.717, 1.165) is 77.0 Å². The number of aliphatic carboxylic acids is 2. The van der Waals surface area contributed by atoms with Gasteiger partial charge in [-0.05, 0) is 50.4 Å². The van der Waals surface area contributed by atoms with Gasteiger partial charge in [-0.3, -0.25) is 9.59 Å². The van der Waals surface area contributed by atoms with Crippen molar-refractivity contribution in [3.8, 4) is 0 Å². The largest absolute Gasteiger partial charge is 0.481 e. The van der Waals surface area contributed by atoms with Gasteiger partial charge in [0.25, 0.3) is 0 Å². The molecule has 0 aliphatic carbocycles. The van der Waals surface area contributed by atoms with Crippen LogP contribution in [0.25, 0.3) is 0 Å². The third kappa shape index (κ3) is 14.1. The van der Waals surface area contributed by atoms with Crippen LogP contribution < -0.4 is 0 Å². The van der Waals surface area contributed by atoms with E-state index in [-0.39, 0.29) is 12.3 Å². The van der Waals surface area contributed by atoms with Gasteiger partial charge in [0.05, 0.1) is 5.41 Å². The normalized spacial score (nSPS) is 16.2.